The van der Waals surface area contributed by atoms with E-state index in [0.29, 0.717) is 17.6 Å². The zero-order chi connectivity index (χ0) is 25.3. The van der Waals surface area contributed by atoms with Crippen LogP contribution in [-0.2, 0) is 19.8 Å². The Morgan fingerprint density at radius 2 is 1.75 bits per heavy atom. The van der Waals surface area contributed by atoms with Crippen LogP contribution in [0.2, 0.25) is 0 Å². The first-order valence-electron chi connectivity index (χ1n) is 11.8. The lowest BCUT2D eigenvalue weighted by atomic mass is 9.92. The lowest BCUT2D eigenvalue weighted by Gasteiger charge is -2.28. The number of aromatic nitrogens is 5. The minimum atomic E-state index is -4.42. The predicted molar refractivity (Wildman–Crippen MR) is 129 cm³/mol. The van der Waals surface area contributed by atoms with Gasteiger partial charge in [-0.15, -0.1) is 10.2 Å². The molecular formula is C26H27F3N6O. The van der Waals surface area contributed by atoms with Crippen molar-refractivity contribution in [2.45, 2.75) is 31.5 Å². The van der Waals surface area contributed by atoms with Gasteiger partial charge in [0.2, 0.25) is 0 Å². The van der Waals surface area contributed by atoms with Crippen LogP contribution in [0.3, 0.4) is 0 Å². The number of hydrogen-bond acceptors (Lipinski definition) is 5. The summed E-state index contributed by atoms with van der Waals surface area (Å²) < 4.78 is 48.0. The van der Waals surface area contributed by atoms with Crippen molar-refractivity contribution in [1.82, 2.24) is 29.4 Å². The molecule has 0 atom stereocenters. The molecule has 5 rings (SSSR count). The Morgan fingerprint density at radius 3 is 2.47 bits per heavy atom. The van der Waals surface area contributed by atoms with Gasteiger partial charge in [-0.25, -0.2) is 4.68 Å². The third-order valence-electron chi connectivity index (χ3n) is 6.68. The van der Waals surface area contributed by atoms with Crippen molar-refractivity contribution in [1.29, 1.82) is 0 Å². The van der Waals surface area contributed by atoms with Crippen molar-refractivity contribution in [2.24, 2.45) is 7.05 Å². The molecule has 2 aromatic heterocycles. The first kappa shape index (κ1) is 24.1. The Labute approximate surface area is 207 Å². The van der Waals surface area contributed by atoms with Crippen molar-refractivity contribution < 1.29 is 17.9 Å². The highest BCUT2D eigenvalue weighted by molar-refractivity contribution is 5.57. The Bertz CT molecular complexity index is 1320. The monoisotopic (exact) mass is 496 g/mol. The number of likely N-dealkylation sites (tertiary alicyclic amines) is 1. The van der Waals surface area contributed by atoms with E-state index in [-0.39, 0.29) is 12.4 Å². The fraction of sp³-hybridized carbons (Fsp3) is 0.346. The van der Waals surface area contributed by atoms with E-state index in [0.717, 1.165) is 49.3 Å². The van der Waals surface area contributed by atoms with Crippen LogP contribution in [0.1, 0.15) is 35.7 Å². The van der Waals surface area contributed by atoms with Gasteiger partial charge in [0, 0.05) is 18.8 Å². The number of nitrogens with zero attached hydrogens (tertiary/aromatic N) is 6. The average molecular weight is 497 g/mol. The molecule has 0 bridgehead atoms. The van der Waals surface area contributed by atoms with Gasteiger partial charge in [0.25, 0.3) is 0 Å². The molecule has 188 valence electrons. The highest BCUT2D eigenvalue weighted by Crippen LogP contribution is 2.32. The third kappa shape index (κ3) is 5.13. The zero-order valence-corrected chi connectivity index (χ0v) is 20.1. The molecule has 0 radical (unpaired) electrons. The smallest absolute Gasteiger partial charge is 0.416 e. The molecule has 1 fully saturated rings. The first-order chi connectivity index (χ1) is 17.3. The maximum absolute atomic E-state index is 12.9. The van der Waals surface area contributed by atoms with E-state index in [9.17, 15) is 13.2 Å². The number of alkyl halides is 3. The molecule has 1 aliphatic rings. The summed E-state index contributed by atoms with van der Waals surface area (Å²) in [5.74, 6) is 1.81. The molecule has 0 amide bonds. The van der Waals surface area contributed by atoms with Crippen molar-refractivity contribution in [3.63, 3.8) is 0 Å². The Kier molecular flexibility index (Phi) is 6.53. The zero-order valence-electron chi connectivity index (χ0n) is 20.1. The fourth-order valence-corrected chi connectivity index (χ4v) is 4.44. The van der Waals surface area contributed by atoms with Gasteiger partial charge in [0.05, 0.1) is 17.4 Å². The van der Waals surface area contributed by atoms with Crippen molar-refractivity contribution in [2.75, 3.05) is 20.1 Å². The number of benzene rings is 2. The summed E-state index contributed by atoms with van der Waals surface area (Å²) in [4.78, 5) is 2.36. The van der Waals surface area contributed by atoms with Gasteiger partial charge in [-0.3, -0.25) is 0 Å². The van der Waals surface area contributed by atoms with E-state index < -0.39 is 11.7 Å². The molecule has 2 aromatic carbocycles. The summed E-state index contributed by atoms with van der Waals surface area (Å²) in [7, 11) is 3.96. The summed E-state index contributed by atoms with van der Waals surface area (Å²) in [6, 6.07) is 12.7. The normalized spacial score (nSPS) is 15.4. The molecule has 1 aliphatic heterocycles. The summed E-state index contributed by atoms with van der Waals surface area (Å²) in [5.41, 5.74) is 2.33. The number of piperidine rings is 1. The minimum absolute atomic E-state index is 0.00405. The molecule has 7 nitrogen and oxygen atoms in total. The molecule has 36 heavy (non-hydrogen) atoms. The predicted octanol–water partition coefficient (Wildman–Crippen LogP) is 5.07. The minimum Gasteiger partial charge on any atom is -0.486 e. The summed E-state index contributed by atoms with van der Waals surface area (Å²) in [6.07, 6.45) is 1.94. The van der Waals surface area contributed by atoms with Crippen LogP contribution in [0.15, 0.2) is 60.9 Å². The summed E-state index contributed by atoms with van der Waals surface area (Å²) >= 11 is 0. The van der Waals surface area contributed by atoms with Crippen LogP contribution in [0.4, 0.5) is 13.2 Å². The maximum Gasteiger partial charge on any atom is 0.416 e. The van der Waals surface area contributed by atoms with Gasteiger partial charge < -0.3 is 14.2 Å². The largest absolute Gasteiger partial charge is 0.486 e. The second-order valence-corrected chi connectivity index (χ2v) is 9.16. The quantitative estimate of drug-likeness (QED) is 0.373. The van der Waals surface area contributed by atoms with E-state index in [1.54, 1.807) is 11.6 Å². The second-order valence-electron chi connectivity index (χ2n) is 9.16. The van der Waals surface area contributed by atoms with Crippen molar-refractivity contribution in [3.05, 3.63) is 77.9 Å². The van der Waals surface area contributed by atoms with E-state index in [1.165, 1.54) is 17.7 Å². The van der Waals surface area contributed by atoms with Gasteiger partial charge in [-0.2, -0.15) is 18.3 Å². The number of halogens is 3. The van der Waals surface area contributed by atoms with Crippen LogP contribution in [0, 0.1) is 0 Å². The lowest BCUT2D eigenvalue weighted by Crippen LogP contribution is -2.29. The molecule has 4 aromatic rings. The fourth-order valence-electron chi connectivity index (χ4n) is 4.44. The SMILES string of the molecule is CN1CCC(c2cnn(-c3ccc(-c4nnc(COc5cccc(C(F)(F)F)c5)n4C)cc3)c2)CC1. The highest BCUT2D eigenvalue weighted by atomic mass is 19.4. The lowest BCUT2D eigenvalue weighted by molar-refractivity contribution is -0.137. The van der Waals surface area contributed by atoms with E-state index in [1.807, 2.05) is 35.1 Å². The third-order valence-corrected chi connectivity index (χ3v) is 6.68. The molecule has 1 saturated heterocycles. The van der Waals surface area contributed by atoms with Crippen LogP contribution in [0.5, 0.6) is 5.75 Å². The molecule has 0 saturated carbocycles. The molecule has 0 N–H and O–H groups in total. The van der Waals surface area contributed by atoms with Gasteiger partial charge in [-0.1, -0.05) is 6.07 Å². The summed E-state index contributed by atoms with van der Waals surface area (Å²) in [5, 5.41) is 13.0. The topological polar surface area (TPSA) is 61.0 Å². The van der Waals surface area contributed by atoms with E-state index in [2.05, 4.69) is 33.4 Å². The number of ether oxygens (including phenoxy) is 1. The Morgan fingerprint density at radius 1 is 1.00 bits per heavy atom. The summed E-state index contributed by atoms with van der Waals surface area (Å²) in [6.45, 7) is 2.21. The van der Waals surface area contributed by atoms with Crippen LogP contribution in [-0.4, -0.2) is 49.6 Å². The van der Waals surface area contributed by atoms with Gasteiger partial charge in [-0.05, 0) is 86.9 Å². The highest BCUT2D eigenvalue weighted by Gasteiger charge is 2.30. The standard InChI is InChI=1S/C26H27F3N6O/c1-33-12-10-18(11-13-33)20-15-30-35(16-20)22-8-6-19(7-9-22)25-32-31-24(34(25)2)17-36-23-5-3-4-21(14-23)26(27,28)29/h3-9,14-16,18H,10-13,17H2,1-2H3. The molecule has 0 aliphatic carbocycles. The molecular weight excluding hydrogens is 469 g/mol. The van der Waals surface area contributed by atoms with Crippen LogP contribution < -0.4 is 4.74 Å². The van der Waals surface area contributed by atoms with Crippen LogP contribution >= 0.6 is 0 Å². The van der Waals surface area contributed by atoms with E-state index >= 15 is 0 Å². The molecule has 0 spiro atoms. The number of hydrogen-bond donors (Lipinski definition) is 0. The van der Waals surface area contributed by atoms with Crippen LogP contribution in [0.25, 0.3) is 17.1 Å². The Balaban J connectivity index is 1.26. The molecule has 0 unspecified atom stereocenters. The molecule has 3 heterocycles. The van der Waals surface area contributed by atoms with Gasteiger partial charge >= 0.3 is 6.18 Å². The first-order valence-corrected chi connectivity index (χ1v) is 11.8. The van der Waals surface area contributed by atoms with Crippen molar-refractivity contribution in [3.8, 4) is 22.8 Å². The molecule has 10 heteroatoms. The van der Waals surface area contributed by atoms with Gasteiger partial charge in [0.1, 0.15) is 12.4 Å². The number of rotatable bonds is 6. The van der Waals surface area contributed by atoms with Gasteiger partial charge in [0.15, 0.2) is 11.6 Å². The maximum atomic E-state index is 12.9. The van der Waals surface area contributed by atoms with Crippen molar-refractivity contribution >= 4 is 0 Å². The second kappa shape index (κ2) is 9.77. The Hall–Kier alpha value is -3.66. The van der Waals surface area contributed by atoms with E-state index in [4.69, 9.17) is 4.74 Å². The average Bonchev–Trinajstić information content (AvgIpc) is 3.50.